The molecule has 0 spiro atoms. The molecule has 20 heavy (non-hydrogen) atoms. The minimum atomic E-state index is -2.91. The molecule has 1 N–H and O–H groups in total. The highest BCUT2D eigenvalue weighted by molar-refractivity contribution is 8.00. The molecule has 1 aromatic heterocycles. The molecule has 0 amide bonds. The first kappa shape index (κ1) is 17.7. The first-order valence-electron chi connectivity index (χ1n) is 6.38. The average Bonchev–Trinajstić information content (AvgIpc) is 2.71. The molecule has 9 heteroatoms. The Hall–Kier alpha value is -0.310. The van der Waals surface area contributed by atoms with E-state index in [2.05, 4.69) is 15.5 Å². The number of nitrogens with one attached hydrogen (secondary N) is 1. The molecule has 1 aliphatic heterocycles. The Labute approximate surface area is 130 Å². The Morgan fingerprint density at radius 2 is 2.00 bits per heavy atom. The maximum atomic E-state index is 11.1. The first-order chi connectivity index (χ1) is 8.97. The summed E-state index contributed by atoms with van der Waals surface area (Å²) >= 11 is 1.45. The van der Waals surface area contributed by atoms with E-state index in [1.165, 1.54) is 18.0 Å². The first-order valence-corrected chi connectivity index (χ1v) is 9.42. The number of rotatable bonds is 5. The summed E-state index contributed by atoms with van der Waals surface area (Å²) in [5.41, 5.74) is 0. The number of sulfone groups is 1. The summed E-state index contributed by atoms with van der Waals surface area (Å²) in [6.45, 7) is 2.04. The molecule has 1 aromatic rings. The Morgan fingerprint density at radius 3 is 2.60 bits per heavy atom. The van der Waals surface area contributed by atoms with Crippen LogP contribution in [-0.4, -0.2) is 54.0 Å². The molecule has 0 saturated carbocycles. The normalized spacial score (nSPS) is 16.9. The summed E-state index contributed by atoms with van der Waals surface area (Å²) in [7, 11) is -0.949. The molecule has 1 aliphatic rings. The van der Waals surface area contributed by atoms with Crippen LogP contribution in [0.15, 0.2) is 5.16 Å². The summed E-state index contributed by atoms with van der Waals surface area (Å²) < 4.78 is 24.2. The summed E-state index contributed by atoms with van der Waals surface area (Å²) in [6, 6.07) is 0. The second kappa shape index (κ2) is 7.63. The fourth-order valence-corrected chi connectivity index (χ4v) is 4.28. The number of hydrogen-bond donors (Lipinski definition) is 1. The van der Waals surface area contributed by atoms with Crippen LogP contribution in [0.1, 0.15) is 24.6 Å². The van der Waals surface area contributed by atoms with Crippen molar-refractivity contribution in [1.29, 1.82) is 0 Å². The molecule has 116 valence electrons. The van der Waals surface area contributed by atoms with Crippen molar-refractivity contribution in [2.45, 2.75) is 23.9 Å². The third kappa shape index (κ3) is 4.91. The highest BCUT2D eigenvalue weighted by atomic mass is 35.5. The molecule has 0 aromatic carbocycles. The van der Waals surface area contributed by atoms with Gasteiger partial charge in [0.05, 0.1) is 5.75 Å². The van der Waals surface area contributed by atoms with Gasteiger partial charge in [0.2, 0.25) is 0 Å². The zero-order valence-electron chi connectivity index (χ0n) is 11.7. The van der Waals surface area contributed by atoms with Crippen molar-refractivity contribution in [3.05, 3.63) is 5.82 Å². The highest BCUT2D eigenvalue weighted by Crippen LogP contribution is 2.26. The molecule has 0 bridgehead atoms. The van der Waals surface area contributed by atoms with Gasteiger partial charge in [-0.3, -0.25) is 0 Å². The van der Waals surface area contributed by atoms with Crippen molar-refractivity contribution < 1.29 is 8.42 Å². The number of aromatic nitrogens is 3. The Bertz CT molecular complexity index is 527. The molecule has 0 aliphatic carbocycles. The van der Waals surface area contributed by atoms with Crippen LogP contribution in [0.5, 0.6) is 0 Å². The van der Waals surface area contributed by atoms with Gasteiger partial charge >= 0.3 is 0 Å². The summed E-state index contributed by atoms with van der Waals surface area (Å²) in [5, 5.41) is 12.6. The van der Waals surface area contributed by atoms with E-state index in [1.54, 1.807) is 0 Å². The van der Waals surface area contributed by atoms with Gasteiger partial charge < -0.3 is 9.88 Å². The van der Waals surface area contributed by atoms with Gasteiger partial charge in [0.15, 0.2) is 5.16 Å². The topological polar surface area (TPSA) is 76.9 Å². The van der Waals surface area contributed by atoms with Crippen LogP contribution in [0.4, 0.5) is 0 Å². The van der Waals surface area contributed by atoms with Crippen LogP contribution >= 0.6 is 24.2 Å². The zero-order chi connectivity index (χ0) is 13.9. The van der Waals surface area contributed by atoms with E-state index >= 15 is 0 Å². The summed E-state index contributed by atoms with van der Waals surface area (Å²) in [5.74, 6) is 2.18. The Balaban J connectivity index is 0.00000200. The summed E-state index contributed by atoms with van der Waals surface area (Å²) in [4.78, 5) is 0. The number of halogens is 1. The van der Waals surface area contributed by atoms with Gasteiger partial charge in [0.25, 0.3) is 0 Å². The van der Waals surface area contributed by atoms with Crippen LogP contribution in [-0.2, 0) is 16.9 Å². The van der Waals surface area contributed by atoms with Crippen molar-refractivity contribution in [3.63, 3.8) is 0 Å². The van der Waals surface area contributed by atoms with E-state index in [9.17, 15) is 8.42 Å². The van der Waals surface area contributed by atoms with E-state index in [1.807, 2.05) is 11.6 Å². The molecular formula is C11H21ClN4O2S2. The number of nitrogens with zero attached hydrogens (tertiary/aromatic N) is 3. The molecule has 1 fully saturated rings. The fourth-order valence-electron chi connectivity index (χ4n) is 2.17. The third-order valence-corrected chi connectivity index (χ3v) is 5.48. The van der Waals surface area contributed by atoms with Gasteiger partial charge in [0.1, 0.15) is 15.7 Å². The highest BCUT2D eigenvalue weighted by Gasteiger charge is 2.21. The third-order valence-electron chi connectivity index (χ3n) is 3.26. The van der Waals surface area contributed by atoms with E-state index in [4.69, 9.17) is 0 Å². The average molecular weight is 341 g/mol. The molecule has 0 unspecified atom stereocenters. The second-order valence-electron chi connectivity index (χ2n) is 4.90. The van der Waals surface area contributed by atoms with Crippen LogP contribution < -0.4 is 5.32 Å². The molecule has 6 nitrogen and oxygen atoms in total. The smallest absolute Gasteiger partial charge is 0.190 e. The van der Waals surface area contributed by atoms with Gasteiger partial charge in [-0.15, -0.1) is 22.6 Å². The van der Waals surface area contributed by atoms with Gasteiger partial charge in [-0.2, -0.15) is 0 Å². The zero-order valence-corrected chi connectivity index (χ0v) is 14.2. The summed E-state index contributed by atoms with van der Waals surface area (Å²) in [6.07, 6.45) is 3.42. The monoisotopic (exact) mass is 340 g/mol. The maximum absolute atomic E-state index is 11.1. The standard InChI is InChI=1S/C11H20N4O2S2.ClH/c1-15-10(9-3-5-12-6-4-9)13-14-11(15)18-7-8-19(2,16)17;/h9,12H,3-8H2,1-2H3;1H. The van der Waals surface area contributed by atoms with Gasteiger partial charge in [-0.1, -0.05) is 11.8 Å². The number of hydrogen-bond acceptors (Lipinski definition) is 6. The van der Waals surface area contributed by atoms with E-state index in [0.29, 0.717) is 11.7 Å². The Kier molecular flexibility index (Phi) is 6.77. The molecule has 2 rings (SSSR count). The van der Waals surface area contributed by atoms with Crippen LogP contribution in [0.25, 0.3) is 0 Å². The maximum Gasteiger partial charge on any atom is 0.190 e. The molecule has 2 heterocycles. The molecule has 1 saturated heterocycles. The van der Waals surface area contributed by atoms with Gasteiger partial charge in [0, 0.05) is 25.0 Å². The minimum absolute atomic E-state index is 0. The van der Waals surface area contributed by atoms with Crippen molar-refractivity contribution in [3.8, 4) is 0 Å². The lowest BCUT2D eigenvalue weighted by Gasteiger charge is -2.21. The van der Waals surface area contributed by atoms with Crippen molar-refractivity contribution in [2.75, 3.05) is 30.9 Å². The number of piperidine rings is 1. The van der Waals surface area contributed by atoms with E-state index < -0.39 is 9.84 Å². The van der Waals surface area contributed by atoms with Gasteiger partial charge in [-0.25, -0.2) is 8.42 Å². The fraction of sp³-hybridized carbons (Fsp3) is 0.818. The lowest BCUT2D eigenvalue weighted by atomic mass is 9.97. The lowest BCUT2D eigenvalue weighted by Crippen LogP contribution is -2.27. The predicted molar refractivity (Wildman–Crippen MR) is 83.5 cm³/mol. The lowest BCUT2D eigenvalue weighted by molar-refractivity contribution is 0.434. The van der Waals surface area contributed by atoms with Crippen molar-refractivity contribution in [2.24, 2.45) is 7.05 Å². The molecular weight excluding hydrogens is 320 g/mol. The second-order valence-corrected chi connectivity index (χ2v) is 8.22. The number of thioether (sulfide) groups is 1. The quantitative estimate of drug-likeness (QED) is 0.800. The minimum Gasteiger partial charge on any atom is -0.317 e. The van der Waals surface area contributed by atoms with Crippen LogP contribution in [0.2, 0.25) is 0 Å². The van der Waals surface area contributed by atoms with Crippen molar-refractivity contribution >= 4 is 34.0 Å². The Morgan fingerprint density at radius 1 is 1.35 bits per heavy atom. The van der Waals surface area contributed by atoms with Crippen LogP contribution in [0, 0.1) is 0 Å². The SMILES string of the molecule is Cl.Cn1c(SCCS(C)(=O)=O)nnc1C1CCNCC1. The van der Waals surface area contributed by atoms with E-state index in [0.717, 1.165) is 36.9 Å². The van der Waals surface area contributed by atoms with Crippen molar-refractivity contribution in [1.82, 2.24) is 20.1 Å². The predicted octanol–water partition coefficient (Wildman–Crippen LogP) is 0.841. The van der Waals surface area contributed by atoms with Gasteiger partial charge in [-0.05, 0) is 25.9 Å². The largest absolute Gasteiger partial charge is 0.317 e. The molecule has 0 atom stereocenters. The van der Waals surface area contributed by atoms with E-state index in [-0.39, 0.29) is 18.2 Å². The van der Waals surface area contributed by atoms with Crippen LogP contribution in [0.3, 0.4) is 0 Å². The molecule has 0 radical (unpaired) electrons.